The lowest BCUT2D eigenvalue weighted by Crippen LogP contribution is -2.43. The fourth-order valence-corrected chi connectivity index (χ4v) is 5.19. The van der Waals surface area contributed by atoms with Gasteiger partial charge in [-0.15, -0.1) is 0 Å². The Kier molecular flexibility index (Phi) is 6.22. The van der Waals surface area contributed by atoms with Gasteiger partial charge in [-0.1, -0.05) is 6.92 Å². The van der Waals surface area contributed by atoms with E-state index in [1.165, 1.54) is 25.3 Å². The summed E-state index contributed by atoms with van der Waals surface area (Å²) in [5.41, 5.74) is -1.87. The number of alkyl halides is 5. The average molecular weight is 544 g/mol. The summed E-state index contributed by atoms with van der Waals surface area (Å²) in [6.45, 7) is 2.58. The molecule has 0 bridgehead atoms. The first-order valence-electron chi connectivity index (χ1n) is 11.3. The molecule has 198 valence electrons. The van der Waals surface area contributed by atoms with Gasteiger partial charge in [0.15, 0.2) is 9.84 Å². The smallest absolute Gasteiger partial charge is 0.289 e. The Hall–Kier alpha value is -3.34. The lowest BCUT2D eigenvalue weighted by atomic mass is 9.99. The van der Waals surface area contributed by atoms with Crippen molar-refractivity contribution in [2.24, 2.45) is 0 Å². The summed E-state index contributed by atoms with van der Waals surface area (Å²) in [4.78, 5) is 21.1. The largest absolute Gasteiger partial charge is 0.455 e. The molecule has 14 heteroatoms. The standard InChI is InChI=1S/C23H22F5N5O3S/c1-4-37(35,36)18-7-14(21(11-29)5-6-21)9-31-19(18)15-8-16-17(10-30-15)32(20(34)33(16)13(2)3)12-22(24,25)23(26,27)28/h7-10,13H,4-6,12H2,1-3H3. The van der Waals surface area contributed by atoms with Crippen LogP contribution in [0.25, 0.3) is 22.4 Å². The van der Waals surface area contributed by atoms with Crippen LogP contribution in [0.3, 0.4) is 0 Å². The second-order valence-electron chi connectivity index (χ2n) is 9.26. The highest BCUT2D eigenvalue weighted by Crippen LogP contribution is 2.48. The predicted molar refractivity (Wildman–Crippen MR) is 123 cm³/mol. The van der Waals surface area contributed by atoms with Crippen LogP contribution in [0, 0.1) is 11.3 Å². The lowest BCUT2D eigenvalue weighted by Gasteiger charge is -2.19. The van der Waals surface area contributed by atoms with Gasteiger partial charge >= 0.3 is 17.8 Å². The number of fused-ring (bicyclic) bond motifs is 1. The van der Waals surface area contributed by atoms with Crippen LogP contribution in [0.2, 0.25) is 0 Å². The van der Waals surface area contributed by atoms with Crippen molar-refractivity contribution in [1.82, 2.24) is 19.1 Å². The van der Waals surface area contributed by atoms with Gasteiger partial charge in [0.25, 0.3) is 0 Å². The van der Waals surface area contributed by atoms with E-state index in [0.717, 1.165) is 10.8 Å². The molecular weight excluding hydrogens is 521 g/mol. The zero-order valence-electron chi connectivity index (χ0n) is 20.0. The van der Waals surface area contributed by atoms with E-state index in [-0.39, 0.29) is 33.1 Å². The Bertz CT molecular complexity index is 1600. The molecule has 4 rings (SSSR count). The monoisotopic (exact) mass is 543 g/mol. The summed E-state index contributed by atoms with van der Waals surface area (Å²) in [5.74, 6) is -5.46. The number of nitriles is 1. The van der Waals surface area contributed by atoms with Crippen LogP contribution in [0.1, 0.15) is 45.2 Å². The highest BCUT2D eigenvalue weighted by atomic mass is 32.2. The SMILES string of the molecule is CCS(=O)(=O)c1cc(C2(C#N)CC2)cnc1-c1cc2c(cn1)n(CC(F)(F)C(F)(F)F)c(=O)n2C(C)C. The van der Waals surface area contributed by atoms with E-state index in [2.05, 4.69) is 16.0 Å². The number of hydrogen-bond donors (Lipinski definition) is 0. The van der Waals surface area contributed by atoms with Gasteiger partial charge in [0, 0.05) is 12.2 Å². The number of hydrogen-bond acceptors (Lipinski definition) is 6. The molecule has 1 saturated carbocycles. The van der Waals surface area contributed by atoms with E-state index in [4.69, 9.17) is 0 Å². The van der Waals surface area contributed by atoms with Gasteiger partial charge in [0.05, 0.1) is 45.1 Å². The molecule has 0 unspecified atom stereocenters. The third-order valence-electron chi connectivity index (χ3n) is 6.46. The Morgan fingerprint density at radius 1 is 1.11 bits per heavy atom. The molecule has 37 heavy (non-hydrogen) atoms. The van der Waals surface area contributed by atoms with E-state index in [0.29, 0.717) is 23.0 Å². The molecule has 0 atom stereocenters. The zero-order valence-corrected chi connectivity index (χ0v) is 20.8. The van der Waals surface area contributed by atoms with E-state index in [9.17, 15) is 40.4 Å². The molecular formula is C23H22F5N5O3S. The molecule has 0 aromatic carbocycles. The number of pyridine rings is 2. The van der Waals surface area contributed by atoms with Crippen LogP contribution < -0.4 is 5.69 Å². The first-order valence-corrected chi connectivity index (χ1v) is 12.9. The molecule has 1 aliphatic carbocycles. The third kappa shape index (κ3) is 4.39. The molecule has 1 fully saturated rings. The summed E-state index contributed by atoms with van der Waals surface area (Å²) in [5, 5.41) is 9.51. The fourth-order valence-electron chi connectivity index (χ4n) is 4.13. The van der Waals surface area contributed by atoms with Crippen molar-refractivity contribution in [2.75, 3.05) is 5.75 Å². The molecule has 3 aromatic heterocycles. The number of nitrogens with zero attached hydrogens (tertiary/aromatic N) is 5. The normalized spacial score (nSPS) is 15.8. The molecule has 0 saturated heterocycles. The molecule has 0 aliphatic heterocycles. The number of rotatable bonds is 7. The first-order chi connectivity index (χ1) is 17.1. The van der Waals surface area contributed by atoms with E-state index < -0.39 is 45.6 Å². The van der Waals surface area contributed by atoms with Crippen LogP contribution in [-0.2, 0) is 21.8 Å². The van der Waals surface area contributed by atoms with Crippen molar-refractivity contribution in [2.45, 2.75) is 68.6 Å². The van der Waals surface area contributed by atoms with Gasteiger partial charge in [0.1, 0.15) is 12.2 Å². The van der Waals surface area contributed by atoms with Gasteiger partial charge in [0.2, 0.25) is 0 Å². The van der Waals surface area contributed by atoms with Gasteiger partial charge in [-0.2, -0.15) is 27.2 Å². The van der Waals surface area contributed by atoms with E-state index in [1.54, 1.807) is 13.8 Å². The number of sulfone groups is 1. The Morgan fingerprint density at radius 3 is 2.27 bits per heavy atom. The molecule has 0 radical (unpaired) electrons. The van der Waals surface area contributed by atoms with Crippen LogP contribution in [-0.4, -0.2) is 45.4 Å². The maximum absolute atomic E-state index is 13.9. The van der Waals surface area contributed by atoms with Crippen LogP contribution >= 0.6 is 0 Å². The van der Waals surface area contributed by atoms with E-state index in [1.807, 2.05) is 0 Å². The van der Waals surface area contributed by atoms with Crippen molar-refractivity contribution in [3.63, 3.8) is 0 Å². The van der Waals surface area contributed by atoms with Gasteiger partial charge < -0.3 is 0 Å². The summed E-state index contributed by atoms with van der Waals surface area (Å²) >= 11 is 0. The minimum absolute atomic E-state index is 0.00983. The number of imidazole rings is 1. The van der Waals surface area contributed by atoms with Crippen molar-refractivity contribution in [3.05, 3.63) is 40.6 Å². The van der Waals surface area contributed by atoms with Gasteiger partial charge in [-0.3, -0.25) is 19.1 Å². The molecule has 0 N–H and O–H groups in total. The first kappa shape index (κ1) is 26.7. The van der Waals surface area contributed by atoms with Gasteiger partial charge in [-0.05, 0) is 44.4 Å². The minimum atomic E-state index is -5.87. The zero-order chi connectivity index (χ0) is 27.6. The summed E-state index contributed by atoms with van der Waals surface area (Å²) in [6, 6.07) is 4.15. The van der Waals surface area contributed by atoms with Crippen molar-refractivity contribution in [3.8, 4) is 17.5 Å². The molecule has 1 aliphatic rings. The summed E-state index contributed by atoms with van der Waals surface area (Å²) in [6.07, 6.45) is -2.44. The molecule has 8 nitrogen and oxygen atoms in total. The summed E-state index contributed by atoms with van der Waals surface area (Å²) < 4.78 is 93.5. The Labute approximate surface area is 208 Å². The average Bonchev–Trinajstić information content (AvgIpc) is 3.58. The highest BCUT2D eigenvalue weighted by Gasteiger charge is 2.58. The fraction of sp³-hybridized carbons (Fsp3) is 0.478. The van der Waals surface area contributed by atoms with Crippen molar-refractivity contribution >= 4 is 20.9 Å². The second-order valence-corrected chi connectivity index (χ2v) is 11.5. The molecule has 0 amide bonds. The summed E-state index contributed by atoms with van der Waals surface area (Å²) in [7, 11) is -3.87. The van der Waals surface area contributed by atoms with Crippen LogP contribution in [0.4, 0.5) is 22.0 Å². The van der Waals surface area contributed by atoms with Gasteiger partial charge in [-0.25, -0.2) is 13.2 Å². The molecule has 3 heterocycles. The van der Waals surface area contributed by atoms with Crippen LogP contribution in [0.15, 0.2) is 34.2 Å². The van der Waals surface area contributed by atoms with E-state index >= 15 is 0 Å². The Balaban J connectivity index is 1.95. The highest BCUT2D eigenvalue weighted by molar-refractivity contribution is 7.91. The minimum Gasteiger partial charge on any atom is -0.289 e. The topological polar surface area (TPSA) is 111 Å². The number of halogens is 5. The lowest BCUT2D eigenvalue weighted by molar-refractivity contribution is -0.286. The third-order valence-corrected chi connectivity index (χ3v) is 8.21. The Morgan fingerprint density at radius 2 is 1.76 bits per heavy atom. The molecule has 0 spiro atoms. The molecule has 3 aromatic rings. The quantitative estimate of drug-likeness (QED) is 0.409. The second kappa shape index (κ2) is 8.61. The van der Waals surface area contributed by atoms with Crippen molar-refractivity contribution < 1.29 is 30.4 Å². The maximum Gasteiger partial charge on any atom is 0.455 e. The number of aromatic nitrogens is 4. The maximum atomic E-state index is 13.9. The van der Waals surface area contributed by atoms with Crippen molar-refractivity contribution in [1.29, 1.82) is 5.26 Å². The predicted octanol–water partition coefficient (Wildman–Crippen LogP) is 4.39. The van der Waals surface area contributed by atoms with Crippen LogP contribution in [0.5, 0.6) is 0 Å².